The van der Waals surface area contributed by atoms with E-state index < -0.39 is 15.8 Å². The molecule has 1 aliphatic heterocycles. The number of aliphatic hydroxyl groups excluding tert-OH is 1. The van der Waals surface area contributed by atoms with Gasteiger partial charge < -0.3 is 5.11 Å². The third-order valence-electron chi connectivity index (χ3n) is 4.31. The van der Waals surface area contributed by atoms with Crippen LogP contribution in [-0.2, 0) is 17.1 Å². The lowest BCUT2D eigenvalue weighted by Gasteiger charge is -2.17. The second kappa shape index (κ2) is 6.44. The second-order valence-corrected chi connectivity index (χ2v) is 8.21. The molecule has 0 spiro atoms. The zero-order valence-corrected chi connectivity index (χ0v) is 14.5. The van der Waals surface area contributed by atoms with Crippen LogP contribution in [0.2, 0.25) is 5.02 Å². The number of aryl methyl sites for hydroxylation is 1. The maximum absolute atomic E-state index is 13.5. The van der Waals surface area contributed by atoms with Crippen LogP contribution in [0.3, 0.4) is 0 Å². The van der Waals surface area contributed by atoms with E-state index in [2.05, 4.69) is 5.10 Å². The van der Waals surface area contributed by atoms with Crippen molar-refractivity contribution in [3.63, 3.8) is 0 Å². The van der Waals surface area contributed by atoms with E-state index in [0.29, 0.717) is 0 Å². The minimum absolute atomic E-state index is 0.0261. The highest BCUT2D eigenvalue weighted by atomic mass is 35.5. The molecule has 1 N–H and O–H groups in total. The van der Waals surface area contributed by atoms with Crippen LogP contribution in [0.1, 0.15) is 11.5 Å². The molecular weight excluding hydrogens is 357 g/mol. The summed E-state index contributed by atoms with van der Waals surface area (Å²) < 4.78 is 42.0. The number of hydrogen-bond donors (Lipinski definition) is 1. The number of aromatic nitrogens is 2. The third-order valence-corrected chi connectivity index (χ3v) is 6.62. The normalized spacial score (nSPS) is 22.2. The summed E-state index contributed by atoms with van der Waals surface area (Å²) in [4.78, 5) is -0.257. The highest BCUT2D eigenvalue weighted by molar-refractivity contribution is 7.89. The van der Waals surface area contributed by atoms with E-state index in [9.17, 15) is 17.9 Å². The fourth-order valence-electron chi connectivity index (χ4n) is 3.04. The summed E-state index contributed by atoms with van der Waals surface area (Å²) in [7, 11) is -2.17. The molecule has 130 valence electrons. The first-order chi connectivity index (χ1) is 11.3. The fraction of sp³-hybridized carbons (Fsp3) is 0.400. The molecule has 24 heavy (non-hydrogen) atoms. The van der Waals surface area contributed by atoms with Crippen LogP contribution in [0.25, 0.3) is 0 Å². The first-order valence-electron chi connectivity index (χ1n) is 7.37. The summed E-state index contributed by atoms with van der Waals surface area (Å²) in [6.07, 6.45) is 3.47. The van der Waals surface area contributed by atoms with Gasteiger partial charge in [-0.1, -0.05) is 11.6 Å². The first kappa shape index (κ1) is 17.3. The molecule has 1 fully saturated rings. The number of benzene rings is 1. The molecule has 2 aromatic rings. The van der Waals surface area contributed by atoms with Crippen LogP contribution in [-0.4, -0.2) is 47.3 Å². The van der Waals surface area contributed by atoms with Gasteiger partial charge in [0, 0.05) is 44.8 Å². The summed E-state index contributed by atoms with van der Waals surface area (Å²) in [5, 5.41) is 13.7. The molecule has 6 nitrogen and oxygen atoms in total. The summed E-state index contributed by atoms with van der Waals surface area (Å²) in [5.41, 5.74) is 0.861. The minimum atomic E-state index is -3.95. The van der Waals surface area contributed by atoms with Crippen molar-refractivity contribution < 1.29 is 17.9 Å². The Kier molecular flexibility index (Phi) is 4.65. The summed E-state index contributed by atoms with van der Waals surface area (Å²) in [5.74, 6) is -1.10. The Balaban J connectivity index is 1.94. The van der Waals surface area contributed by atoms with E-state index in [1.165, 1.54) is 10.4 Å². The zero-order valence-electron chi connectivity index (χ0n) is 12.9. The molecule has 1 aromatic heterocycles. The fourth-order valence-corrected chi connectivity index (χ4v) is 5.04. The highest BCUT2D eigenvalue weighted by Crippen LogP contribution is 2.36. The lowest BCUT2D eigenvalue weighted by molar-refractivity contribution is 0.223. The number of sulfonamides is 1. The predicted octanol–water partition coefficient (Wildman–Crippen LogP) is 1.61. The number of rotatable bonds is 4. The molecular formula is C15H17ClFN3O3S. The minimum Gasteiger partial charge on any atom is -0.396 e. The van der Waals surface area contributed by atoms with E-state index in [1.54, 1.807) is 24.1 Å². The Morgan fingerprint density at radius 2 is 2.17 bits per heavy atom. The number of hydrogen-bond acceptors (Lipinski definition) is 4. The Hall–Kier alpha value is -1.48. The quantitative estimate of drug-likeness (QED) is 0.883. The molecule has 0 bridgehead atoms. The van der Waals surface area contributed by atoms with Crippen molar-refractivity contribution >= 4 is 21.6 Å². The van der Waals surface area contributed by atoms with Crippen LogP contribution in [0, 0.1) is 11.7 Å². The van der Waals surface area contributed by atoms with Crippen LogP contribution >= 0.6 is 11.6 Å². The molecule has 0 unspecified atom stereocenters. The maximum atomic E-state index is 13.5. The average molecular weight is 374 g/mol. The Morgan fingerprint density at radius 1 is 1.42 bits per heavy atom. The molecule has 0 amide bonds. The van der Waals surface area contributed by atoms with Gasteiger partial charge >= 0.3 is 0 Å². The SMILES string of the molecule is Cn1cc([C@@H]2CN(S(=O)(=O)c3cc(F)ccc3Cl)C[C@H]2CO)cn1. The molecule has 1 aliphatic rings. The van der Waals surface area contributed by atoms with E-state index in [-0.39, 0.29) is 41.5 Å². The van der Waals surface area contributed by atoms with Gasteiger partial charge in [-0.15, -0.1) is 0 Å². The van der Waals surface area contributed by atoms with Gasteiger partial charge in [0.2, 0.25) is 10.0 Å². The van der Waals surface area contributed by atoms with Gasteiger partial charge in [-0.2, -0.15) is 9.40 Å². The lowest BCUT2D eigenvalue weighted by Crippen LogP contribution is -2.29. The maximum Gasteiger partial charge on any atom is 0.244 e. The number of nitrogens with zero attached hydrogens (tertiary/aromatic N) is 3. The first-order valence-corrected chi connectivity index (χ1v) is 9.19. The summed E-state index contributed by atoms with van der Waals surface area (Å²) in [6.45, 7) is 0.180. The van der Waals surface area contributed by atoms with Gasteiger partial charge in [-0.25, -0.2) is 12.8 Å². The van der Waals surface area contributed by atoms with Gasteiger partial charge in [-0.3, -0.25) is 4.68 Å². The van der Waals surface area contributed by atoms with Crippen molar-refractivity contribution in [2.45, 2.75) is 10.8 Å². The van der Waals surface area contributed by atoms with Gasteiger partial charge in [0.05, 0.1) is 11.2 Å². The number of aliphatic hydroxyl groups is 1. The Morgan fingerprint density at radius 3 is 2.79 bits per heavy atom. The van der Waals surface area contributed by atoms with E-state index in [0.717, 1.165) is 17.7 Å². The topological polar surface area (TPSA) is 75.4 Å². The highest BCUT2D eigenvalue weighted by Gasteiger charge is 2.40. The largest absolute Gasteiger partial charge is 0.396 e. The molecule has 1 aromatic carbocycles. The molecule has 9 heteroatoms. The van der Waals surface area contributed by atoms with Crippen LogP contribution < -0.4 is 0 Å². The molecule has 0 saturated carbocycles. The van der Waals surface area contributed by atoms with Crippen molar-refractivity contribution in [1.82, 2.24) is 14.1 Å². The standard InChI is InChI=1S/C15H17ClFN3O3S/c1-19-6-10(5-18-19)13-8-20(7-11(13)9-21)24(22,23)15-4-12(17)2-3-14(15)16/h2-6,11,13,21H,7-9H2,1H3/t11-,13-/m0/s1. The zero-order chi connectivity index (χ0) is 17.5. The summed E-state index contributed by atoms with van der Waals surface area (Å²) >= 11 is 5.95. The predicted molar refractivity (Wildman–Crippen MR) is 86.7 cm³/mol. The van der Waals surface area contributed by atoms with Crippen LogP contribution in [0.5, 0.6) is 0 Å². The monoisotopic (exact) mass is 373 g/mol. The Bertz CT molecular complexity index is 855. The van der Waals surface area contributed by atoms with E-state index >= 15 is 0 Å². The third kappa shape index (κ3) is 3.06. The van der Waals surface area contributed by atoms with Crippen LogP contribution in [0.15, 0.2) is 35.5 Å². The summed E-state index contributed by atoms with van der Waals surface area (Å²) in [6, 6.07) is 3.26. The van der Waals surface area contributed by atoms with Gasteiger partial charge in [0.15, 0.2) is 0 Å². The molecule has 3 rings (SSSR count). The Labute approximate surface area is 144 Å². The van der Waals surface area contributed by atoms with Crippen molar-refractivity contribution in [3.8, 4) is 0 Å². The molecule has 1 saturated heterocycles. The van der Waals surface area contributed by atoms with Crippen molar-refractivity contribution in [2.75, 3.05) is 19.7 Å². The van der Waals surface area contributed by atoms with E-state index in [4.69, 9.17) is 11.6 Å². The molecule has 0 radical (unpaired) electrons. The molecule has 2 atom stereocenters. The number of halogens is 2. The average Bonchev–Trinajstić information content (AvgIpc) is 3.15. The van der Waals surface area contributed by atoms with E-state index in [1.807, 2.05) is 0 Å². The van der Waals surface area contributed by atoms with Crippen molar-refractivity contribution in [2.24, 2.45) is 13.0 Å². The van der Waals surface area contributed by atoms with Crippen molar-refractivity contribution in [1.29, 1.82) is 0 Å². The molecule has 2 heterocycles. The van der Waals surface area contributed by atoms with Gasteiger partial charge in [-0.05, 0) is 23.8 Å². The lowest BCUT2D eigenvalue weighted by atomic mass is 9.92. The molecule has 0 aliphatic carbocycles. The second-order valence-electron chi connectivity index (χ2n) is 5.89. The van der Waals surface area contributed by atoms with Crippen molar-refractivity contribution in [3.05, 3.63) is 47.0 Å². The van der Waals surface area contributed by atoms with Gasteiger partial charge in [0.1, 0.15) is 10.7 Å². The smallest absolute Gasteiger partial charge is 0.244 e. The van der Waals surface area contributed by atoms with Crippen LogP contribution in [0.4, 0.5) is 4.39 Å². The van der Waals surface area contributed by atoms with Gasteiger partial charge in [0.25, 0.3) is 0 Å².